The molecule has 1 aliphatic heterocycles. The number of halogens is 1. The lowest BCUT2D eigenvalue weighted by atomic mass is 9.82. The van der Waals surface area contributed by atoms with Crippen LogP contribution in [0.25, 0.3) is 0 Å². The number of alkyl halides is 1. The summed E-state index contributed by atoms with van der Waals surface area (Å²) in [6.07, 6.45) is 5.44. The molecule has 0 amide bonds. The number of esters is 1. The van der Waals surface area contributed by atoms with Crippen LogP contribution in [-0.4, -0.2) is 15.5 Å². The molecule has 3 heteroatoms. The summed E-state index contributed by atoms with van der Waals surface area (Å²) < 4.78 is 6.34. The maximum atomic E-state index is 11.2. The van der Waals surface area contributed by atoms with Crippen LogP contribution >= 0.6 is 22.6 Å². The van der Waals surface area contributed by atoms with E-state index < -0.39 is 0 Å². The molecule has 3 rings (SSSR count). The first-order valence-corrected chi connectivity index (χ1v) is 6.32. The minimum Gasteiger partial charge on any atom is -0.459 e. The van der Waals surface area contributed by atoms with Crippen molar-refractivity contribution in [2.45, 2.75) is 41.6 Å². The molecular weight excluding hydrogens is 279 g/mol. The highest BCUT2D eigenvalue weighted by Crippen LogP contribution is 2.59. The third-order valence-electron chi connectivity index (χ3n) is 4.04. The van der Waals surface area contributed by atoms with Gasteiger partial charge in [0.25, 0.3) is 0 Å². The number of carbonyl (C=O) groups is 1. The highest BCUT2D eigenvalue weighted by Gasteiger charge is 2.60. The standard InChI is InChI=1S/C10H13IO2/c11-9-6-1-2-7(9)10(5-6)4-3-8(12)13-10/h6-7,9H,1-5H2/t6-,7-,9?,10-/m1/s1. The molecule has 1 unspecified atom stereocenters. The Morgan fingerprint density at radius 1 is 1.46 bits per heavy atom. The average molecular weight is 292 g/mol. The number of rotatable bonds is 0. The quantitative estimate of drug-likeness (QED) is 0.389. The van der Waals surface area contributed by atoms with Gasteiger partial charge in [0, 0.05) is 16.3 Å². The van der Waals surface area contributed by atoms with Gasteiger partial charge in [-0.2, -0.15) is 0 Å². The summed E-state index contributed by atoms with van der Waals surface area (Å²) >= 11 is 2.56. The van der Waals surface area contributed by atoms with Gasteiger partial charge in [-0.3, -0.25) is 4.79 Å². The van der Waals surface area contributed by atoms with E-state index in [0.717, 1.165) is 22.7 Å². The Hall–Kier alpha value is 0.200. The van der Waals surface area contributed by atoms with Crippen molar-refractivity contribution in [2.24, 2.45) is 11.8 Å². The highest BCUT2D eigenvalue weighted by atomic mass is 127. The van der Waals surface area contributed by atoms with Gasteiger partial charge in [-0.1, -0.05) is 22.6 Å². The molecule has 2 saturated carbocycles. The fourth-order valence-corrected chi connectivity index (χ4v) is 5.08. The van der Waals surface area contributed by atoms with Gasteiger partial charge in [0.2, 0.25) is 0 Å². The Morgan fingerprint density at radius 2 is 2.31 bits per heavy atom. The molecule has 1 spiro atoms. The average Bonchev–Trinajstić information content (AvgIpc) is 2.68. The molecule has 0 aromatic rings. The lowest BCUT2D eigenvalue weighted by Crippen LogP contribution is -2.35. The largest absolute Gasteiger partial charge is 0.459 e. The molecule has 2 bridgehead atoms. The van der Waals surface area contributed by atoms with Gasteiger partial charge in [-0.15, -0.1) is 0 Å². The van der Waals surface area contributed by atoms with Crippen LogP contribution in [-0.2, 0) is 9.53 Å². The van der Waals surface area contributed by atoms with E-state index in [0.29, 0.717) is 12.3 Å². The van der Waals surface area contributed by atoms with Gasteiger partial charge in [-0.25, -0.2) is 0 Å². The molecule has 3 fully saturated rings. The van der Waals surface area contributed by atoms with Gasteiger partial charge in [0.15, 0.2) is 0 Å². The topological polar surface area (TPSA) is 26.3 Å². The van der Waals surface area contributed by atoms with Crippen molar-refractivity contribution >= 4 is 28.6 Å². The first-order valence-electron chi connectivity index (χ1n) is 5.07. The fraction of sp³-hybridized carbons (Fsp3) is 0.900. The Bertz CT molecular complexity index is 266. The third-order valence-corrected chi connectivity index (χ3v) is 5.92. The normalized spacial score (nSPS) is 53.3. The molecule has 0 aromatic heterocycles. The number of fused-ring (bicyclic) bond motifs is 3. The number of hydrogen-bond acceptors (Lipinski definition) is 2. The van der Waals surface area contributed by atoms with E-state index in [-0.39, 0.29) is 11.6 Å². The van der Waals surface area contributed by atoms with Gasteiger partial charge in [-0.05, 0) is 31.6 Å². The molecule has 0 aromatic carbocycles. The zero-order valence-electron chi connectivity index (χ0n) is 7.46. The van der Waals surface area contributed by atoms with Crippen LogP contribution in [0.3, 0.4) is 0 Å². The molecule has 4 atom stereocenters. The minimum absolute atomic E-state index is 0.00808. The van der Waals surface area contributed by atoms with Crippen LogP contribution in [0.2, 0.25) is 0 Å². The first kappa shape index (κ1) is 8.50. The molecule has 72 valence electrons. The van der Waals surface area contributed by atoms with E-state index >= 15 is 0 Å². The van der Waals surface area contributed by atoms with Gasteiger partial charge >= 0.3 is 5.97 Å². The van der Waals surface area contributed by atoms with E-state index in [9.17, 15) is 4.79 Å². The summed E-state index contributed by atoms with van der Waals surface area (Å²) in [4.78, 5) is 11.2. The molecule has 0 N–H and O–H groups in total. The van der Waals surface area contributed by atoms with Crippen LogP contribution in [0.15, 0.2) is 0 Å². The lowest BCUT2D eigenvalue weighted by Gasteiger charge is -2.31. The van der Waals surface area contributed by atoms with Crippen molar-refractivity contribution < 1.29 is 9.53 Å². The Labute approximate surface area is 91.5 Å². The summed E-state index contributed by atoms with van der Waals surface area (Å²) in [6.45, 7) is 0. The van der Waals surface area contributed by atoms with E-state index in [4.69, 9.17) is 4.74 Å². The van der Waals surface area contributed by atoms with E-state index in [1.807, 2.05) is 0 Å². The number of hydrogen-bond donors (Lipinski definition) is 0. The van der Waals surface area contributed by atoms with E-state index in [1.54, 1.807) is 0 Å². The zero-order chi connectivity index (χ0) is 9.05. The monoisotopic (exact) mass is 292 g/mol. The molecular formula is C10H13IO2. The second-order valence-electron chi connectivity index (χ2n) is 4.63. The smallest absolute Gasteiger partial charge is 0.306 e. The predicted octanol–water partition coefficient (Wildman–Crippen LogP) is 2.30. The fourth-order valence-electron chi connectivity index (χ4n) is 3.45. The second-order valence-corrected chi connectivity index (χ2v) is 6.07. The third kappa shape index (κ3) is 1.02. The van der Waals surface area contributed by atoms with Crippen molar-refractivity contribution in [1.29, 1.82) is 0 Å². The lowest BCUT2D eigenvalue weighted by molar-refractivity contribution is -0.152. The molecule has 2 nitrogen and oxygen atoms in total. The summed E-state index contributed by atoms with van der Waals surface area (Å²) in [5, 5.41) is 0. The maximum absolute atomic E-state index is 11.2. The molecule has 1 saturated heterocycles. The zero-order valence-corrected chi connectivity index (χ0v) is 9.62. The Morgan fingerprint density at radius 3 is 2.77 bits per heavy atom. The summed E-state index contributed by atoms with van der Waals surface area (Å²) in [5.74, 6) is 1.54. The van der Waals surface area contributed by atoms with Crippen molar-refractivity contribution in [2.75, 3.05) is 0 Å². The number of carbonyl (C=O) groups excluding carboxylic acids is 1. The molecule has 2 aliphatic carbocycles. The van der Waals surface area contributed by atoms with Crippen molar-refractivity contribution in [3.8, 4) is 0 Å². The predicted molar refractivity (Wildman–Crippen MR) is 56.7 cm³/mol. The van der Waals surface area contributed by atoms with Crippen LogP contribution in [0.1, 0.15) is 32.1 Å². The van der Waals surface area contributed by atoms with Gasteiger partial charge in [0.1, 0.15) is 5.60 Å². The second kappa shape index (κ2) is 2.61. The van der Waals surface area contributed by atoms with Gasteiger partial charge < -0.3 is 4.74 Å². The number of ether oxygens (including phenoxy) is 1. The maximum Gasteiger partial charge on any atom is 0.306 e. The molecule has 1 heterocycles. The van der Waals surface area contributed by atoms with Crippen LogP contribution in [0, 0.1) is 11.8 Å². The summed E-state index contributed by atoms with van der Waals surface area (Å²) in [5.41, 5.74) is -0.00808. The van der Waals surface area contributed by atoms with E-state index in [1.165, 1.54) is 12.8 Å². The van der Waals surface area contributed by atoms with Crippen molar-refractivity contribution in [3.63, 3.8) is 0 Å². The van der Waals surface area contributed by atoms with Crippen molar-refractivity contribution in [3.05, 3.63) is 0 Å². The molecule has 0 radical (unpaired) electrons. The Kier molecular flexibility index (Phi) is 1.71. The summed E-state index contributed by atoms with van der Waals surface area (Å²) in [7, 11) is 0. The van der Waals surface area contributed by atoms with Crippen molar-refractivity contribution in [1.82, 2.24) is 0 Å². The highest BCUT2D eigenvalue weighted by molar-refractivity contribution is 14.1. The molecule has 3 aliphatic rings. The van der Waals surface area contributed by atoms with Crippen LogP contribution in [0.5, 0.6) is 0 Å². The molecule has 13 heavy (non-hydrogen) atoms. The SMILES string of the molecule is O=C1CC[C@]2(C[C@H]3CC[C@@H]2C3I)O1. The van der Waals surface area contributed by atoms with Gasteiger partial charge in [0.05, 0.1) is 0 Å². The first-order chi connectivity index (χ1) is 6.21. The Balaban J connectivity index is 1.91. The summed E-state index contributed by atoms with van der Waals surface area (Å²) in [6, 6.07) is 0. The van der Waals surface area contributed by atoms with E-state index in [2.05, 4.69) is 22.6 Å². The van der Waals surface area contributed by atoms with Crippen LogP contribution in [0.4, 0.5) is 0 Å². The van der Waals surface area contributed by atoms with Crippen LogP contribution < -0.4 is 0 Å². The minimum atomic E-state index is -0.00808.